The molecule has 0 bridgehead atoms. The van der Waals surface area contributed by atoms with Crippen LogP contribution in [0.25, 0.3) is 0 Å². The van der Waals surface area contributed by atoms with Gasteiger partial charge in [-0.3, -0.25) is 14.4 Å². The van der Waals surface area contributed by atoms with Gasteiger partial charge in [-0.1, -0.05) is 221 Å². The third-order valence-electron chi connectivity index (χ3n) is 11.1. The molecule has 1 atom stereocenters. The molecule has 0 aliphatic rings. The van der Waals surface area contributed by atoms with E-state index in [1.165, 1.54) is 89.9 Å². The lowest BCUT2D eigenvalue weighted by Gasteiger charge is -2.18. The molecule has 65 heavy (non-hydrogen) atoms. The molecule has 0 rings (SSSR count). The molecule has 0 saturated carbocycles. The van der Waals surface area contributed by atoms with E-state index < -0.39 is 6.10 Å². The van der Waals surface area contributed by atoms with Gasteiger partial charge in [0, 0.05) is 19.3 Å². The molecule has 0 radical (unpaired) electrons. The zero-order chi connectivity index (χ0) is 47.2. The Labute approximate surface area is 400 Å². The highest BCUT2D eigenvalue weighted by Crippen LogP contribution is 2.14. The van der Waals surface area contributed by atoms with Gasteiger partial charge in [0.25, 0.3) is 0 Å². The second-order valence-electron chi connectivity index (χ2n) is 17.4. The Bertz CT molecular complexity index is 1310. The maximum atomic E-state index is 12.7. The van der Waals surface area contributed by atoms with Crippen molar-refractivity contribution in [3.8, 4) is 0 Å². The minimum absolute atomic E-state index is 0.103. The second kappa shape index (κ2) is 52.9. The molecule has 0 heterocycles. The van der Waals surface area contributed by atoms with Crippen LogP contribution < -0.4 is 0 Å². The molecular weight excluding hydrogens is 805 g/mol. The van der Waals surface area contributed by atoms with Crippen LogP contribution in [-0.2, 0) is 28.6 Å². The standard InChI is InChI=1S/C59H98O6/c1-4-7-10-13-15-17-19-21-23-25-26-27-28-29-30-31-32-34-35-37-39-41-43-46-49-52-58(61)64-55-56(54-63-57(60)51-48-45-12-9-6-3)65-59(62)53-50-47-44-42-40-38-36-33-24-22-20-18-16-14-11-8-5-2/h8,11,16,18-19,21-22,24-26,28-29,36,38,42,44,56H,4-7,9-10,12-15,17,20,23,27,30-35,37,39-41,43,45-55H2,1-3H3/b11-8-,18-16-,21-19-,24-22-,26-25-,29-28-,38-36-,44-42-. The fourth-order valence-corrected chi connectivity index (χ4v) is 7.07. The molecule has 0 aromatic carbocycles. The predicted octanol–water partition coefficient (Wildman–Crippen LogP) is 17.8. The molecular formula is C59H98O6. The highest BCUT2D eigenvalue weighted by Gasteiger charge is 2.19. The lowest BCUT2D eigenvalue weighted by molar-refractivity contribution is -0.167. The van der Waals surface area contributed by atoms with Gasteiger partial charge in [0.1, 0.15) is 13.2 Å². The maximum absolute atomic E-state index is 12.7. The number of esters is 3. The van der Waals surface area contributed by atoms with Crippen LogP contribution in [0, 0.1) is 0 Å². The smallest absolute Gasteiger partial charge is 0.306 e. The SMILES string of the molecule is CC/C=C\C/C=C\C/C=C\C/C=C\C/C=C\CCCC(=O)OC(COC(=O)CCCCCCC)COC(=O)CCCCCCCCCCCC/C=C\C/C=C\C/C=C\CCCCCCC. The molecule has 1 unspecified atom stereocenters. The van der Waals surface area contributed by atoms with Crippen molar-refractivity contribution < 1.29 is 28.6 Å². The van der Waals surface area contributed by atoms with Gasteiger partial charge in [-0.05, 0) is 96.3 Å². The molecule has 6 nitrogen and oxygen atoms in total. The first kappa shape index (κ1) is 61.3. The number of carbonyl (C=O) groups is 3. The normalized spacial score (nSPS) is 12.8. The molecule has 0 aliphatic carbocycles. The van der Waals surface area contributed by atoms with Crippen molar-refractivity contribution in [2.45, 2.75) is 245 Å². The van der Waals surface area contributed by atoms with Crippen molar-refractivity contribution >= 4 is 17.9 Å². The van der Waals surface area contributed by atoms with Crippen LogP contribution in [0.2, 0.25) is 0 Å². The van der Waals surface area contributed by atoms with E-state index in [1.807, 2.05) is 0 Å². The molecule has 6 heteroatoms. The van der Waals surface area contributed by atoms with E-state index in [2.05, 4.69) is 118 Å². The molecule has 0 saturated heterocycles. The Morgan fingerprint density at radius 3 is 0.985 bits per heavy atom. The zero-order valence-electron chi connectivity index (χ0n) is 42.2. The van der Waals surface area contributed by atoms with E-state index in [1.54, 1.807) is 0 Å². The van der Waals surface area contributed by atoms with Crippen molar-refractivity contribution in [1.29, 1.82) is 0 Å². The van der Waals surface area contributed by atoms with Gasteiger partial charge < -0.3 is 14.2 Å². The van der Waals surface area contributed by atoms with Crippen LogP contribution in [-0.4, -0.2) is 37.2 Å². The van der Waals surface area contributed by atoms with Gasteiger partial charge >= 0.3 is 17.9 Å². The second-order valence-corrected chi connectivity index (χ2v) is 17.4. The lowest BCUT2D eigenvalue weighted by atomic mass is 10.1. The Hall–Kier alpha value is -3.67. The summed E-state index contributed by atoms with van der Waals surface area (Å²) in [6, 6.07) is 0. The number of rotatable bonds is 47. The van der Waals surface area contributed by atoms with E-state index in [9.17, 15) is 14.4 Å². The van der Waals surface area contributed by atoms with Gasteiger partial charge in [0.15, 0.2) is 6.10 Å². The highest BCUT2D eigenvalue weighted by molar-refractivity contribution is 5.71. The quantitative estimate of drug-likeness (QED) is 0.0262. The first-order valence-electron chi connectivity index (χ1n) is 26.7. The van der Waals surface area contributed by atoms with Crippen LogP contribution in [0.3, 0.4) is 0 Å². The number of unbranched alkanes of at least 4 members (excludes halogenated alkanes) is 20. The number of allylic oxidation sites excluding steroid dienone is 16. The number of ether oxygens (including phenoxy) is 3. The summed E-state index contributed by atoms with van der Waals surface area (Å²) in [6.45, 7) is 6.37. The van der Waals surface area contributed by atoms with Gasteiger partial charge in [-0.25, -0.2) is 0 Å². The fourth-order valence-electron chi connectivity index (χ4n) is 7.07. The lowest BCUT2D eigenvalue weighted by Crippen LogP contribution is -2.30. The van der Waals surface area contributed by atoms with Gasteiger partial charge in [-0.15, -0.1) is 0 Å². The Kier molecular flexibility index (Phi) is 50.0. The van der Waals surface area contributed by atoms with Crippen molar-refractivity contribution in [3.05, 3.63) is 97.2 Å². The minimum atomic E-state index is -0.805. The van der Waals surface area contributed by atoms with Crippen LogP contribution in [0.15, 0.2) is 97.2 Å². The van der Waals surface area contributed by atoms with E-state index >= 15 is 0 Å². The van der Waals surface area contributed by atoms with Crippen LogP contribution in [0.4, 0.5) is 0 Å². The van der Waals surface area contributed by atoms with Crippen LogP contribution >= 0.6 is 0 Å². The van der Waals surface area contributed by atoms with E-state index in [-0.39, 0.29) is 37.5 Å². The Morgan fingerprint density at radius 2 is 0.615 bits per heavy atom. The number of carbonyl (C=O) groups excluding carboxylic acids is 3. The molecule has 0 N–H and O–H groups in total. The monoisotopic (exact) mass is 903 g/mol. The summed E-state index contributed by atoms with van der Waals surface area (Å²) < 4.78 is 16.6. The summed E-state index contributed by atoms with van der Waals surface area (Å²) in [5, 5.41) is 0. The number of hydrogen-bond acceptors (Lipinski definition) is 6. The van der Waals surface area contributed by atoms with Crippen LogP contribution in [0.1, 0.15) is 239 Å². The molecule has 0 amide bonds. The Morgan fingerprint density at radius 1 is 0.323 bits per heavy atom. The highest BCUT2D eigenvalue weighted by atomic mass is 16.6. The average molecular weight is 903 g/mol. The van der Waals surface area contributed by atoms with Gasteiger partial charge in [0.05, 0.1) is 0 Å². The third kappa shape index (κ3) is 51.2. The van der Waals surface area contributed by atoms with Crippen molar-refractivity contribution in [2.75, 3.05) is 13.2 Å². The molecule has 370 valence electrons. The minimum Gasteiger partial charge on any atom is -0.462 e. The summed E-state index contributed by atoms with van der Waals surface area (Å²) in [6.07, 6.45) is 70.2. The predicted molar refractivity (Wildman–Crippen MR) is 279 cm³/mol. The summed E-state index contributed by atoms with van der Waals surface area (Å²) in [7, 11) is 0. The van der Waals surface area contributed by atoms with E-state index in [0.717, 1.165) is 103 Å². The summed E-state index contributed by atoms with van der Waals surface area (Å²) in [5.41, 5.74) is 0. The largest absolute Gasteiger partial charge is 0.462 e. The summed E-state index contributed by atoms with van der Waals surface area (Å²) >= 11 is 0. The van der Waals surface area contributed by atoms with Crippen molar-refractivity contribution in [1.82, 2.24) is 0 Å². The summed E-state index contributed by atoms with van der Waals surface area (Å²) in [4.78, 5) is 37.7. The topological polar surface area (TPSA) is 78.9 Å². The molecule has 0 spiro atoms. The van der Waals surface area contributed by atoms with Gasteiger partial charge in [0.2, 0.25) is 0 Å². The van der Waals surface area contributed by atoms with Crippen LogP contribution in [0.5, 0.6) is 0 Å². The molecule has 0 aromatic rings. The molecule has 0 aromatic heterocycles. The first-order chi connectivity index (χ1) is 32.0. The van der Waals surface area contributed by atoms with Gasteiger partial charge in [-0.2, -0.15) is 0 Å². The third-order valence-corrected chi connectivity index (χ3v) is 11.1. The first-order valence-corrected chi connectivity index (χ1v) is 26.7. The fraction of sp³-hybridized carbons (Fsp3) is 0.678. The van der Waals surface area contributed by atoms with E-state index in [0.29, 0.717) is 19.3 Å². The number of hydrogen-bond donors (Lipinski definition) is 0. The molecule has 0 aliphatic heterocycles. The Balaban J connectivity index is 4.20. The van der Waals surface area contributed by atoms with E-state index in [4.69, 9.17) is 14.2 Å². The zero-order valence-corrected chi connectivity index (χ0v) is 42.2. The molecule has 0 fully saturated rings. The van der Waals surface area contributed by atoms with Crippen molar-refractivity contribution in [2.24, 2.45) is 0 Å². The average Bonchev–Trinajstić information content (AvgIpc) is 3.30. The summed E-state index contributed by atoms with van der Waals surface area (Å²) in [5.74, 6) is -0.983. The van der Waals surface area contributed by atoms with Crippen molar-refractivity contribution in [3.63, 3.8) is 0 Å². The maximum Gasteiger partial charge on any atom is 0.306 e.